The largest absolute Gasteiger partial charge is 0.544 e. The summed E-state index contributed by atoms with van der Waals surface area (Å²) >= 11 is 0.848. The molecule has 31 heavy (non-hydrogen) atoms. The number of amides is 2. The summed E-state index contributed by atoms with van der Waals surface area (Å²) in [6.45, 7) is 3.07. The number of thioether (sulfide) groups is 1. The van der Waals surface area contributed by atoms with Gasteiger partial charge in [-0.05, 0) is 24.6 Å². The van der Waals surface area contributed by atoms with Crippen molar-refractivity contribution in [2.24, 2.45) is 0 Å². The van der Waals surface area contributed by atoms with Crippen LogP contribution >= 0.6 is 27.4 Å². The number of likely N-dealkylation sites (N-methyl/N-ethyl adjacent to an activating group) is 1. The molecule has 0 aliphatic carbocycles. The zero-order chi connectivity index (χ0) is 23.3. The van der Waals surface area contributed by atoms with Crippen molar-refractivity contribution in [2.75, 3.05) is 65.7 Å². The highest BCUT2D eigenvalue weighted by Crippen LogP contribution is 2.54. The van der Waals surface area contributed by atoms with Crippen LogP contribution in [-0.2, 0) is 27.8 Å². The summed E-state index contributed by atoms with van der Waals surface area (Å²) in [5, 5.41) is 6.85. The van der Waals surface area contributed by atoms with Gasteiger partial charge in [-0.25, -0.2) is 0 Å². The Kier molecular flexibility index (Phi) is 14.0. The number of carbonyl (C=O) groups is 2. The summed E-state index contributed by atoms with van der Waals surface area (Å²) in [5.41, 5.74) is -1.87. The van der Waals surface area contributed by atoms with Crippen LogP contribution in [0.3, 0.4) is 0 Å². The number of hydrogen-bond acceptors (Lipinski definition) is 10. The van der Waals surface area contributed by atoms with E-state index in [9.17, 15) is 23.6 Å². The fourth-order valence-corrected chi connectivity index (χ4v) is 5.33. The Morgan fingerprint density at radius 2 is 2.00 bits per heavy atom. The van der Waals surface area contributed by atoms with Crippen molar-refractivity contribution < 1.29 is 42.3 Å². The Morgan fingerprint density at radius 3 is 2.55 bits per heavy atom. The number of nitrogens with one attached hydrogen (secondary N) is 3. The summed E-state index contributed by atoms with van der Waals surface area (Å²) in [4.78, 5) is 44.1. The SMILES string of the molecule is CNCC(=O)NCB1OCCN(CCCSC(=O)NC([P+](=O)O)P(=O)(O)OC)CCO1. The first-order valence-corrected chi connectivity index (χ1v) is 13.4. The molecule has 3 atom stereocenters. The molecular weight excluding hydrogens is 473 g/mol. The Bertz CT molecular complexity index is 641. The number of nitrogens with zero attached hydrogens (tertiary/aromatic N) is 1. The molecule has 17 heteroatoms. The average molecular weight is 503 g/mol. The van der Waals surface area contributed by atoms with E-state index in [0.717, 1.165) is 18.9 Å². The van der Waals surface area contributed by atoms with E-state index in [-0.39, 0.29) is 18.9 Å². The monoisotopic (exact) mass is 503 g/mol. The molecule has 1 fully saturated rings. The summed E-state index contributed by atoms with van der Waals surface area (Å²) in [6, 6.07) is 0. The van der Waals surface area contributed by atoms with Gasteiger partial charge in [-0.15, -0.1) is 0 Å². The molecule has 5 N–H and O–H groups in total. The molecule has 0 radical (unpaired) electrons. The minimum absolute atomic E-state index is 0.138. The lowest BCUT2D eigenvalue weighted by molar-refractivity contribution is -0.120. The number of carbonyl (C=O) groups excluding carboxylic acids is 2. The molecule has 1 rings (SSSR count). The van der Waals surface area contributed by atoms with Crippen LogP contribution in [0, 0.1) is 0 Å². The van der Waals surface area contributed by atoms with Crippen molar-refractivity contribution in [1.29, 1.82) is 0 Å². The Labute approximate surface area is 186 Å². The Balaban J connectivity index is 2.26. The molecule has 0 aromatic rings. The fourth-order valence-electron chi connectivity index (χ4n) is 2.51. The Hall–Kier alpha value is -0.595. The van der Waals surface area contributed by atoms with Crippen LogP contribution in [0.15, 0.2) is 0 Å². The molecule has 178 valence electrons. The van der Waals surface area contributed by atoms with Crippen LogP contribution in [0.5, 0.6) is 0 Å². The van der Waals surface area contributed by atoms with E-state index < -0.39 is 33.5 Å². The predicted molar refractivity (Wildman–Crippen MR) is 117 cm³/mol. The molecule has 0 spiro atoms. The highest BCUT2D eigenvalue weighted by atomic mass is 32.2. The van der Waals surface area contributed by atoms with Crippen LogP contribution in [0.25, 0.3) is 0 Å². The average Bonchev–Trinajstić information content (AvgIpc) is 2.69. The van der Waals surface area contributed by atoms with Gasteiger partial charge in [0.2, 0.25) is 5.91 Å². The van der Waals surface area contributed by atoms with Gasteiger partial charge in [-0.2, -0.15) is 4.89 Å². The quantitative estimate of drug-likeness (QED) is 0.130. The smallest absolute Gasteiger partial charge is 0.409 e. The maximum atomic E-state index is 11.9. The van der Waals surface area contributed by atoms with E-state index in [2.05, 4.69) is 25.4 Å². The van der Waals surface area contributed by atoms with Crippen LogP contribution < -0.4 is 16.0 Å². The summed E-state index contributed by atoms with van der Waals surface area (Å²) in [5.74, 6) is 0.267. The van der Waals surface area contributed by atoms with Gasteiger partial charge in [0.25, 0.3) is 5.24 Å². The molecule has 0 bridgehead atoms. The lowest BCUT2D eigenvalue weighted by Crippen LogP contribution is -2.46. The zero-order valence-electron chi connectivity index (χ0n) is 17.5. The first kappa shape index (κ1) is 28.4. The van der Waals surface area contributed by atoms with Gasteiger partial charge in [0.15, 0.2) is 0 Å². The fraction of sp³-hybridized carbons (Fsp3) is 0.857. The Morgan fingerprint density at radius 1 is 1.35 bits per heavy atom. The number of hydrogen-bond donors (Lipinski definition) is 5. The van der Waals surface area contributed by atoms with Gasteiger partial charge < -0.3 is 29.4 Å². The highest BCUT2D eigenvalue weighted by molar-refractivity contribution is 8.13. The normalized spacial score (nSPS) is 19.0. The van der Waals surface area contributed by atoms with E-state index >= 15 is 0 Å². The van der Waals surface area contributed by atoms with Crippen LogP contribution in [0.2, 0.25) is 0 Å². The molecular formula is C14H30BN4O9P2S+. The van der Waals surface area contributed by atoms with E-state index in [4.69, 9.17) is 14.2 Å². The van der Waals surface area contributed by atoms with Crippen molar-refractivity contribution in [3.8, 4) is 0 Å². The lowest BCUT2D eigenvalue weighted by atomic mass is 9.90. The summed E-state index contributed by atoms with van der Waals surface area (Å²) < 4.78 is 38.5. The number of rotatable bonds is 12. The molecule has 0 saturated carbocycles. The second kappa shape index (κ2) is 15.3. The van der Waals surface area contributed by atoms with Crippen molar-refractivity contribution in [3.63, 3.8) is 0 Å². The third-order valence-corrected chi connectivity index (χ3v) is 8.26. The van der Waals surface area contributed by atoms with Crippen LogP contribution in [-0.4, -0.2) is 104 Å². The lowest BCUT2D eigenvalue weighted by Gasteiger charge is -2.27. The molecule has 1 aliphatic heterocycles. The summed E-state index contributed by atoms with van der Waals surface area (Å²) in [7, 11) is -5.45. The standard InChI is InChI=1S/C14H29BN4O9P2S/c1-16-10-12(20)17-11-15-27-7-5-19(6-8-28-15)4-3-9-31-13(21)18-14(29(22)23)30(24,25)26-2/h14,16H,3-11H2,1-2H3,(H3-,17,18,20,21,22,23,24,25)/p+1. The molecule has 3 unspecified atom stereocenters. The topological polar surface area (TPSA) is 176 Å². The van der Waals surface area contributed by atoms with E-state index in [1.165, 1.54) is 0 Å². The maximum absolute atomic E-state index is 11.9. The van der Waals surface area contributed by atoms with Gasteiger partial charge in [0.1, 0.15) is 0 Å². The van der Waals surface area contributed by atoms with E-state index in [0.29, 0.717) is 45.0 Å². The zero-order valence-corrected chi connectivity index (χ0v) is 20.1. The first-order chi connectivity index (χ1) is 14.7. The minimum atomic E-state index is -4.42. The first-order valence-electron chi connectivity index (χ1n) is 9.53. The second-order valence-electron chi connectivity index (χ2n) is 6.40. The van der Waals surface area contributed by atoms with Crippen LogP contribution in [0.1, 0.15) is 6.42 Å². The van der Waals surface area contributed by atoms with Gasteiger partial charge >= 0.3 is 28.3 Å². The molecule has 0 aromatic heterocycles. The maximum Gasteiger partial charge on any atom is 0.544 e. The van der Waals surface area contributed by atoms with Crippen molar-refractivity contribution in [3.05, 3.63) is 0 Å². The summed E-state index contributed by atoms with van der Waals surface area (Å²) in [6.07, 6.45) is 0.912. The third-order valence-electron chi connectivity index (χ3n) is 4.10. The minimum Gasteiger partial charge on any atom is -0.409 e. The van der Waals surface area contributed by atoms with Gasteiger partial charge in [0.05, 0.1) is 13.0 Å². The molecule has 2 amide bonds. The predicted octanol–water partition coefficient (Wildman–Crippen LogP) is -0.619. The molecule has 1 heterocycles. The molecule has 1 aliphatic rings. The van der Waals surface area contributed by atoms with E-state index in [1.807, 2.05) is 0 Å². The van der Waals surface area contributed by atoms with Crippen molar-refractivity contribution >= 4 is 45.7 Å². The van der Waals surface area contributed by atoms with E-state index in [1.54, 1.807) is 7.05 Å². The molecule has 0 aromatic carbocycles. The molecule has 1 saturated heterocycles. The third kappa shape index (κ3) is 11.7. The highest BCUT2D eigenvalue weighted by Gasteiger charge is 2.48. The van der Waals surface area contributed by atoms with Gasteiger partial charge in [0, 0.05) is 39.2 Å². The van der Waals surface area contributed by atoms with Crippen LogP contribution in [0.4, 0.5) is 4.79 Å². The van der Waals surface area contributed by atoms with Crippen molar-refractivity contribution in [1.82, 2.24) is 20.9 Å². The van der Waals surface area contributed by atoms with Gasteiger partial charge in [-0.3, -0.25) is 24.4 Å². The van der Waals surface area contributed by atoms with Crippen molar-refractivity contribution in [2.45, 2.75) is 11.9 Å². The second-order valence-corrected chi connectivity index (χ2v) is 11.0. The molecule has 13 nitrogen and oxygen atoms in total. The van der Waals surface area contributed by atoms with Gasteiger partial charge in [-0.1, -0.05) is 11.8 Å².